The topological polar surface area (TPSA) is 80.6 Å². The number of hydrogen-bond acceptors (Lipinski definition) is 5. The normalized spacial score (nSPS) is 10.5. The molecule has 2 aromatic carbocycles. The first-order valence-corrected chi connectivity index (χ1v) is 10.1. The van der Waals surface area contributed by atoms with E-state index in [0.29, 0.717) is 16.2 Å². The second-order valence-corrected chi connectivity index (χ2v) is 7.54. The molecule has 156 valence electrons. The number of carbonyl (C=O) groups is 2. The molecule has 0 saturated carbocycles. The molecule has 0 spiro atoms. The van der Waals surface area contributed by atoms with E-state index in [9.17, 15) is 14.0 Å². The van der Waals surface area contributed by atoms with Gasteiger partial charge < -0.3 is 9.15 Å². The number of furan rings is 1. The monoisotopic (exact) mass is 436 g/mol. The van der Waals surface area contributed by atoms with Gasteiger partial charge in [0.1, 0.15) is 18.2 Å². The summed E-state index contributed by atoms with van der Waals surface area (Å²) < 4.78 is 24.0. The molecule has 8 heteroatoms. The molecule has 0 saturated heterocycles. The van der Waals surface area contributed by atoms with Crippen molar-refractivity contribution in [2.75, 3.05) is 0 Å². The highest BCUT2D eigenvalue weighted by Crippen LogP contribution is 2.28. The van der Waals surface area contributed by atoms with Crippen molar-refractivity contribution in [3.8, 4) is 16.2 Å². The van der Waals surface area contributed by atoms with Crippen LogP contribution in [0, 0.1) is 5.82 Å². The molecule has 0 aliphatic heterocycles. The fourth-order valence-corrected chi connectivity index (χ4v) is 3.69. The van der Waals surface area contributed by atoms with Crippen molar-refractivity contribution < 1.29 is 23.1 Å². The maximum Gasteiger partial charge on any atom is 0.305 e. The minimum absolute atomic E-state index is 0.0504. The van der Waals surface area contributed by atoms with Crippen LogP contribution in [0.3, 0.4) is 0 Å². The molecule has 31 heavy (non-hydrogen) atoms. The Morgan fingerprint density at radius 2 is 1.65 bits per heavy atom. The lowest BCUT2D eigenvalue weighted by atomic mass is 10.2. The van der Waals surface area contributed by atoms with E-state index in [2.05, 4.69) is 10.9 Å². The first-order valence-electron chi connectivity index (χ1n) is 9.31. The van der Waals surface area contributed by atoms with E-state index in [-0.39, 0.29) is 18.2 Å². The van der Waals surface area contributed by atoms with E-state index < -0.39 is 11.8 Å². The SMILES string of the molecule is O=C(NNC(=O)c1occc1COc1ccccc1)c1ccc(-c2ccc(F)cc2)s1. The lowest BCUT2D eigenvalue weighted by molar-refractivity contribution is 0.0830. The van der Waals surface area contributed by atoms with Crippen molar-refractivity contribution in [3.63, 3.8) is 0 Å². The van der Waals surface area contributed by atoms with E-state index in [1.807, 2.05) is 18.2 Å². The summed E-state index contributed by atoms with van der Waals surface area (Å²) in [6, 6.07) is 20.2. The van der Waals surface area contributed by atoms with Crippen LogP contribution in [-0.4, -0.2) is 11.8 Å². The van der Waals surface area contributed by atoms with Gasteiger partial charge in [-0.2, -0.15) is 0 Å². The van der Waals surface area contributed by atoms with E-state index in [1.165, 1.54) is 29.7 Å². The Balaban J connectivity index is 1.34. The largest absolute Gasteiger partial charge is 0.489 e. The Bertz CT molecular complexity index is 1190. The van der Waals surface area contributed by atoms with Crippen molar-refractivity contribution >= 4 is 23.2 Å². The molecular weight excluding hydrogens is 419 g/mol. The maximum atomic E-state index is 13.1. The Labute approximate surface area is 181 Å². The van der Waals surface area contributed by atoms with Gasteiger partial charge in [0.2, 0.25) is 0 Å². The summed E-state index contributed by atoms with van der Waals surface area (Å²) >= 11 is 1.23. The number of nitrogens with one attached hydrogen (secondary N) is 2. The van der Waals surface area contributed by atoms with E-state index in [4.69, 9.17) is 9.15 Å². The van der Waals surface area contributed by atoms with Gasteiger partial charge in [0.25, 0.3) is 5.91 Å². The second-order valence-electron chi connectivity index (χ2n) is 6.46. The fraction of sp³-hybridized carbons (Fsp3) is 0.0435. The van der Waals surface area contributed by atoms with Crippen molar-refractivity contribution in [2.45, 2.75) is 6.61 Å². The number of hydrazine groups is 1. The summed E-state index contributed by atoms with van der Waals surface area (Å²) in [4.78, 5) is 26.0. The first-order chi connectivity index (χ1) is 15.1. The molecular formula is C23H17FN2O4S. The Hall–Kier alpha value is -3.91. The fourth-order valence-electron chi connectivity index (χ4n) is 2.79. The second kappa shape index (κ2) is 9.27. The summed E-state index contributed by atoms with van der Waals surface area (Å²) in [7, 11) is 0. The first kappa shape index (κ1) is 20.4. The number of para-hydroxylation sites is 1. The third kappa shape index (κ3) is 4.99. The van der Waals surface area contributed by atoms with E-state index in [1.54, 1.807) is 42.5 Å². The van der Waals surface area contributed by atoms with Crippen LogP contribution in [-0.2, 0) is 6.61 Å². The molecule has 0 aliphatic carbocycles. The molecule has 4 aromatic rings. The molecule has 0 unspecified atom stereocenters. The zero-order valence-corrected chi connectivity index (χ0v) is 16.9. The molecule has 6 nitrogen and oxygen atoms in total. The Morgan fingerprint density at radius 3 is 2.42 bits per heavy atom. The van der Waals surface area contributed by atoms with Crippen LogP contribution in [0.1, 0.15) is 25.8 Å². The standard InChI is InChI=1S/C23H17FN2O4S/c24-17-8-6-15(7-9-17)19-10-11-20(31-19)22(27)25-26-23(28)21-16(12-13-29-21)14-30-18-4-2-1-3-5-18/h1-13H,14H2,(H,25,27)(H,26,28). The van der Waals surface area contributed by atoms with Gasteiger partial charge in [-0.05, 0) is 48.0 Å². The van der Waals surface area contributed by atoms with Crippen LogP contribution in [0.2, 0.25) is 0 Å². The zero-order chi connectivity index (χ0) is 21.6. The number of rotatable bonds is 6. The van der Waals surface area contributed by atoms with Gasteiger partial charge in [-0.15, -0.1) is 11.3 Å². The van der Waals surface area contributed by atoms with E-state index >= 15 is 0 Å². The molecule has 2 amide bonds. The molecule has 0 radical (unpaired) electrons. The summed E-state index contributed by atoms with van der Waals surface area (Å²) in [6.45, 7) is 0.142. The van der Waals surface area contributed by atoms with Crippen molar-refractivity contribution in [3.05, 3.63) is 101 Å². The number of hydrogen-bond donors (Lipinski definition) is 2. The molecule has 0 fully saturated rings. The van der Waals surface area contributed by atoms with Crippen LogP contribution in [0.25, 0.3) is 10.4 Å². The minimum Gasteiger partial charge on any atom is -0.489 e. The van der Waals surface area contributed by atoms with Crippen LogP contribution in [0.4, 0.5) is 4.39 Å². The Morgan fingerprint density at radius 1 is 0.903 bits per heavy atom. The number of carbonyl (C=O) groups excluding carboxylic acids is 2. The van der Waals surface area contributed by atoms with Crippen molar-refractivity contribution in [1.82, 2.24) is 10.9 Å². The molecule has 2 aromatic heterocycles. The van der Waals surface area contributed by atoms with Crippen LogP contribution in [0.5, 0.6) is 5.75 Å². The van der Waals surface area contributed by atoms with Gasteiger partial charge in [-0.3, -0.25) is 20.4 Å². The molecule has 0 atom stereocenters. The molecule has 4 rings (SSSR count). The zero-order valence-electron chi connectivity index (χ0n) is 16.1. The minimum atomic E-state index is -0.597. The number of amides is 2. The Kier molecular flexibility index (Phi) is 6.09. The molecule has 2 heterocycles. The lowest BCUT2D eigenvalue weighted by Crippen LogP contribution is -2.41. The average Bonchev–Trinajstić information content (AvgIpc) is 3.47. The predicted octanol–water partition coefficient (Wildman–Crippen LogP) is 4.80. The highest BCUT2D eigenvalue weighted by Gasteiger charge is 2.18. The smallest absolute Gasteiger partial charge is 0.305 e. The van der Waals surface area contributed by atoms with Crippen molar-refractivity contribution in [2.24, 2.45) is 0 Å². The molecule has 0 aliphatic rings. The van der Waals surface area contributed by atoms with Crippen LogP contribution >= 0.6 is 11.3 Å². The van der Waals surface area contributed by atoms with Gasteiger partial charge in [-0.1, -0.05) is 30.3 Å². The number of benzene rings is 2. The molecule has 2 N–H and O–H groups in total. The number of ether oxygens (including phenoxy) is 1. The van der Waals surface area contributed by atoms with Gasteiger partial charge in [0.15, 0.2) is 5.76 Å². The lowest BCUT2D eigenvalue weighted by Gasteiger charge is -2.08. The molecule has 0 bridgehead atoms. The van der Waals surface area contributed by atoms with Crippen LogP contribution in [0.15, 0.2) is 83.5 Å². The van der Waals surface area contributed by atoms with Crippen LogP contribution < -0.4 is 15.6 Å². The summed E-state index contributed by atoms with van der Waals surface area (Å²) in [5.41, 5.74) is 6.07. The van der Waals surface area contributed by atoms with E-state index in [0.717, 1.165) is 10.4 Å². The summed E-state index contributed by atoms with van der Waals surface area (Å²) in [5.74, 6) is -0.680. The highest BCUT2D eigenvalue weighted by atomic mass is 32.1. The quantitative estimate of drug-likeness (QED) is 0.426. The maximum absolute atomic E-state index is 13.1. The van der Waals surface area contributed by atoms with Gasteiger partial charge in [-0.25, -0.2) is 4.39 Å². The average molecular weight is 436 g/mol. The van der Waals surface area contributed by atoms with Crippen molar-refractivity contribution in [1.29, 1.82) is 0 Å². The summed E-state index contributed by atoms with van der Waals surface area (Å²) in [6.07, 6.45) is 1.38. The van der Waals surface area contributed by atoms with Gasteiger partial charge in [0, 0.05) is 10.4 Å². The number of thiophene rings is 1. The van der Waals surface area contributed by atoms with Gasteiger partial charge >= 0.3 is 5.91 Å². The predicted molar refractivity (Wildman–Crippen MR) is 114 cm³/mol. The highest BCUT2D eigenvalue weighted by molar-refractivity contribution is 7.17. The number of halogens is 1. The van der Waals surface area contributed by atoms with Gasteiger partial charge in [0.05, 0.1) is 11.1 Å². The third-order valence-corrected chi connectivity index (χ3v) is 5.47. The summed E-state index contributed by atoms with van der Waals surface area (Å²) in [5, 5.41) is 0. The third-order valence-electron chi connectivity index (χ3n) is 4.34.